The van der Waals surface area contributed by atoms with Crippen molar-refractivity contribution in [3.63, 3.8) is 0 Å². The molecule has 134 valence electrons. The zero-order chi connectivity index (χ0) is 19.0. The molecule has 5 nitrogen and oxygen atoms in total. The fourth-order valence-electron chi connectivity index (χ4n) is 3.18. The number of aromatic nitrogens is 4. The molecule has 3 aromatic heterocycles. The molecule has 0 radical (unpaired) electrons. The van der Waals surface area contributed by atoms with Crippen LogP contribution >= 0.6 is 0 Å². The Bertz CT molecular complexity index is 1230. The second-order valence-corrected chi connectivity index (χ2v) is 6.82. The minimum atomic E-state index is -0.0621. The van der Waals surface area contributed by atoms with Crippen LogP contribution in [0.3, 0.4) is 0 Å². The second-order valence-electron chi connectivity index (χ2n) is 6.82. The number of nitrogens with zero attached hydrogens (tertiary/aromatic N) is 4. The Morgan fingerprint density at radius 3 is 2.48 bits per heavy atom. The van der Waals surface area contributed by atoms with Gasteiger partial charge >= 0.3 is 0 Å². The van der Waals surface area contributed by atoms with E-state index in [9.17, 15) is 4.79 Å². The summed E-state index contributed by atoms with van der Waals surface area (Å²) in [6.07, 6.45) is 7.48. The van der Waals surface area contributed by atoms with Crippen LogP contribution in [0.15, 0.2) is 66.0 Å². The van der Waals surface area contributed by atoms with E-state index >= 15 is 0 Å². The van der Waals surface area contributed by atoms with E-state index in [1.165, 1.54) is 0 Å². The lowest BCUT2D eigenvalue weighted by Crippen LogP contribution is -2.25. The van der Waals surface area contributed by atoms with Crippen LogP contribution in [-0.2, 0) is 7.05 Å². The van der Waals surface area contributed by atoms with Gasteiger partial charge in [0.15, 0.2) is 0 Å². The Labute approximate surface area is 157 Å². The summed E-state index contributed by atoms with van der Waals surface area (Å²) in [5.41, 5.74) is 3.87. The van der Waals surface area contributed by atoms with E-state index in [2.05, 4.69) is 30.8 Å². The summed E-state index contributed by atoms with van der Waals surface area (Å²) >= 11 is 0. The normalized spacial score (nSPS) is 11.0. The van der Waals surface area contributed by atoms with Gasteiger partial charge in [0.25, 0.3) is 5.56 Å². The third kappa shape index (κ3) is 3.06. The van der Waals surface area contributed by atoms with E-state index in [0.29, 0.717) is 11.1 Å². The maximum atomic E-state index is 13.4. The zero-order valence-electron chi connectivity index (χ0n) is 15.5. The third-order valence-electron chi connectivity index (χ3n) is 4.50. The molecule has 0 spiro atoms. The Balaban J connectivity index is 1.95. The monoisotopic (exact) mass is 356 g/mol. The Morgan fingerprint density at radius 2 is 1.81 bits per heavy atom. The zero-order valence-corrected chi connectivity index (χ0v) is 15.5. The third-order valence-corrected chi connectivity index (χ3v) is 4.50. The molecule has 27 heavy (non-hydrogen) atoms. The molecular formula is C22H20N4O. The lowest BCUT2D eigenvalue weighted by Gasteiger charge is -2.16. The minimum Gasteiger partial charge on any atom is -0.316 e. The number of hydrogen-bond acceptors (Lipinski definition) is 2. The van der Waals surface area contributed by atoms with Gasteiger partial charge in [-0.15, -0.1) is 0 Å². The topological polar surface area (TPSA) is 44.2 Å². The van der Waals surface area contributed by atoms with Crippen LogP contribution < -0.4 is 5.56 Å². The van der Waals surface area contributed by atoms with Gasteiger partial charge in [0, 0.05) is 37.0 Å². The fourth-order valence-corrected chi connectivity index (χ4v) is 3.18. The first-order valence-corrected chi connectivity index (χ1v) is 8.87. The summed E-state index contributed by atoms with van der Waals surface area (Å²) in [4.78, 5) is 13.4. The minimum absolute atomic E-state index is 0.0621. The summed E-state index contributed by atoms with van der Waals surface area (Å²) in [7, 11) is 1.85. The molecule has 0 N–H and O–H groups in total. The highest BCUT2D eigenvalue weighted by Crippen LogP contribution is 2.19. The molecule has 0 aliphatic carbocycles. The number of hydrogen-bond donors (Lipinski definition) is 0. The van der Waals surface area contributed by atoms with Gasteiger partial charge < -0.3 is 4.40 Å². The van der Waals surface area contributed by atoms with E-state index in [4.69, 9.17) is 0 Å². The van der Waals surface area contributed by atoms with Crippen LogP contribution in [0.1, 0.15) is 36.6 Å². The van der Waals surface area contributed by atoms with Crippen LogP contribution in [0.4, 0.5) is 0 Å². The molecule has 0 aliphatic heterocycles. The molecular weight excluding hydrogens is 336 g/mol. The van der Waals surface area contributed by atoms with E-state index in [1.54, 1.807) is 15.4 Å². The van der Waals surface area contributed by atoms with Crippen molar-refractivity contribution >= 4 is 5.52 Å². The van der Waals surface area contributed by atoms with Gasteiger partial charge in [0.2, 0.25) is 0 Å². The first kappa shape index (κ1) is 16.9. The van der Waals surface area contributed by atoms with E-state index in [-0.39, 0.29) is 11.5 Å². The number of rotatable bonds is 2. The molecule has 0 amide bonds. The fraction of sp³-hybridized carbons (Fsp3) is 0.182. The van der Waals surface area contributed by atoms with E-state index in [1.807, 2.05) is 66.4 Å². The van der Waals surface area contributed by atoms with Crippen molar-refractivity contribution in [3.05, 3.63) is 88.4 Å². The summed E-state index contributed by atoms with van der Waals surface area (Å²) < 4.78 is 5.37. The van der Waals surface area contributed by atoms with Gasteiger partial charge in [-0.3, -0.25) is 14.0 Å². The van der Waals surface area contributed by atoms with Gasteiger partial charge in [-0.05, 0) is 24.1 Å². The number of aryl methyl sites for hydroxylation is 1. The standard InChI is InChI=1S/C22H20N4O/c1-16(2)20-15-25-12-11-18(10-9-17-13-23-24(3)14-17)21(25)22(27)26(20)19-7-5-4-6-8-19/h4-8,11-16H,1-3H3. The van der Waals surface area contributed by atoms with Gasteiger partial charge in [-0.2, -0.15) is 5.10 Å². The summed E-state index contributed by atoms with van der Waals surface area (Å²) in [6, 6.07) is 11.6. The van der Waals surface area contributed by atoms with Crippen LogP contribution in [-0.4, -0.2) is 18.7 Å². The lowest BCUT2D eigenvalue weighted by atomic mass is 10.1. The maximum absolute atomic E-state index is 13.4. The largest absolute Gasteiger partial charge is 0.316 e. The number of para-hydroxylation sites is 1. The smallest absolute Gasteiger partial charge is 0.280 e. The molecule has 0 atom stereocenters. The molecule has 0 aliphatic rings. The lowest BCUT2D eigenvalue weighted by molar-refractivity contribution is 0.746. The van der Waals surface area contributed by atoms with E-state index in [0.717, 1.165) is 16.9 Å². The highest BCUT2D eigenvalue weighted by atomic mass is 16.1. The van der Waals surface area contributed by atoms with Crippen LogP contribution in [0.25, 0.3) is 11.2 Å². The predicted molar refractivity (Wildman–Crippen MR) is 106 cm³/mol. The molecule has 0 unspecified atom stereocenters. The van der Waals surface area contributed by atoms with Crippen molar-refractivity contribution in [2.24, 2.45) is 7.05 Å². The molecule has 5 heteroatoms. The van der Waals surface area contributed by atoms with Crippen LogP contribution in [0, 0.1) is 11.8 Å². The average Bonchev–Trinajstić information content (AvgIpc) is 3.26. The van der Waals surface area contributed by atoms with Gasteiger partial charge in [-0.25, -0.2) is 0 Å². The van der Waals surface area contributed by atoms with Crippen LogP contribution in [0.5, 0.6) is 0 Å². The van der Waals surface area contributed by atoms with Crippen molar-refractivity contribution in [1.82, 2.24) is 18.7 Å². The van der Waals surface area contributed by atoms with Gasteiger partial charge in [-0.1, -0.05) is 43.9 Å². The van der Waals surface area contributed by atoms with E-state index < -0.39 is 0 Å². The SMILES string of the molecule is CC(C)c1cn2ccc(C#Cc3cnn(C)c3)c2c(=O)n1-c1ccccc1. The van der Waals surface area contributed by atoms with Crippen molar-refractivity contribution < 1.29 is 0 Å². The van der Waals surface area contributed by atoms with Crippen molar-refractivity contribution in [3.8, 4) is 17.5 Å². The molecule has 0 fully saturated rings. The summed E-state index contributed by atoms with van der Waals surface area (Å²) in [6.45, 7) is 4.18. The van der Waals surface area contributed by atoms with Gasteiger partial charge in [0.05, 0.1) is 17.3 Å². The Hall–Kier alpha value is -3.52. The molecule has 0 saturated carbocycles. The number of fused-ring (bicyclic) bond motifs is 1. The maximum Gasteiger partial charge on any atom is 0.280 e. The highest BCUT2D eigenvalue weighted by Gasteiger charge is 2.15. The van der Waals surface area contributed by atoms with Gasteiger partial charge in [0.1, 0.15) is 5.52 Å². The van der Waals surface area contributed by atoms with Crippen LogP contribution in [0.2, 0.25) is 0 Å². The molecule has 3 heterocycles. The highest BCUT2D eigenvalue weighted by molar-refractivity contribution is 5.64. The Kier molecular flexibility index (Phi) is 4.17. The number of benzene rings is 1. The average molecular weight is 356 g/mol. The Morgan fingerprint density at radius 1 is 1.04 bits per heavy atom. The molecule has 0 bridgehead atoms. The molecule has 4 aromatic rings. The summed E-state index contributed by atoms with van der Waals surface area (Å²) in [5.74, 6) is 6.42. The quantitative estimate of drug-likeness (QED) is 0.517. The summed E-state index contributed by atoms with van der Waals surface area (Å²) in [5, 5.41) is 4.12. The van der Waals surface area contributed by atoms with Crippen molar-refractivity contribution in [2.75, 3.05) is 0 Å². The molecule has 4 rings (SSSR count). The first-order chi connectivity index (χ1) is 13.0. The second kappa shape index (κ2) is 6.65. The molecule has 1 aromatic carbocycles. The predicted octanol–water partition coefficient (Wildman–Crippen LogP) is 3.35. The van der Waals surface area contributed by atoms with Crippen molar-refractivity contribution in [2.45, 2.75) is 19.8 Å². The molecule has 0 saturated heterocycles. The first-order valence-electron chi connectivity index (χ1n) is 8.87. The van der Waals surface area contributed by atoms with Crippen molar-refractivity contribution in [1.29, 1.82) is 0 Å².